The van der Waals surface area contributed by atoms with E-state index in [-0.39, 0.29) is 6.04 Å². The number of likely N-dealkylation sites (N-methyl/N-ethyl adjacent to an activating group) is 1. The second-order valence-corrected chi connectivity index (χ2v) is 5.85. The van der Waals surface area contributed by atoms with Crippen molar-refractivity contribution >= 4 is 27.5 Å². The largest absolute Gasteiger partial charge is 0.310 e. The van der Waals surface area contributed by atoms with Crippen molar-refractivity contribution in [1.29, 1.82) is 0 Å². The molecule has 0 amide bonds. The molecule has 1 unspecified atom stereocenters. The minimum Gasteiger partial charge on any atom is -0.310 e. The number of hydrogen-bond acceptors (Lipinski definition) is 1. The fourth-order valence-electron chi connectivity index (χ4n) is 2.18. The Morgan fingerprint density at radius 3 is 2.63 bits per heavy atom. The van der Waals surface area contributed by atoms with Gasteiger partial charge in [-0.05, 0) is 48.4 Å². The first-order valence-corrected chi connectivity index (χ1v) is 7.59. The maximum absolute atomic E-state index is 6.08. The van der Waals surface area contributed by atoms with Crippen LogP contribution in [0, 0.1) is 0 Å². The van der Waals surface area contributed by atoms with Gasteiger partial charge in [-0.15, -0.1) is 0 Å². The molecule has 0 aliphatic carbocycles. The van der Waals surface area contributed by atoms with E-state index in [4.69, 9.17) is 11.6 Å². The van der Waals surface area contributed by atoms with Gasteiger partial charge in [-0.2, -0.15) is 0 Å². The van der Waals surface area contributed by atoms with Crippen LogP contribution >= 0.6 is 27.5 Å². The Morgan fingerprint density at radius 1 is 1.16 bits per heavy atom. The van der Waals surface area contributed by atoms with E-state index in [1.165, 1.54) is 11.1 Å². The van der Waals surface area contributed by atoms with Crippen molar-refractivity contribution in [2.75, 3.05) is 6.54 Å². The van der Waals surface area contributed by atoms with Crippen LogP contribution in [-0.4, -0.2) is 6.54 Å². The third-order valence-corrected chi connectivity index (χ3v) is 3.76. The Morgan fingerprint density at radius 2 is 1.95 bits per heavy atom. The molecule has 2 aromatic rings. The fourth-order valence-corrected chi connectivity index (χ4v) is 2.82. The summed E-state index contributed by atoms with van der Waals surface area (Å²) in [5.74, 6) is 0. The molecule has 0 spiro atoms. The first-order valence-electron chi connectivity index (χ1n) is 6.42. The molecule has 0 saturated carbocycles. The molecule has 3 heteroatoms. The van der Waals surface area contributed by atoms with Crippen LogP contribution in [0.4, 0.5) is 0 Å². The van der Waals surface area contributed by atoms with Crippen molar-refractivity contribution in [2.45, 2.75) is 19.4 Å². The Bertz CT molecular complexity index is 542. The molecule has 0 fully saturated rings. The maximum atomic E-state index is 6.08. The number of nitrogens with one attached hydrogen (secondary N) is 1. The minimum atomic E-state index is 0.290. The Labute approximate surface area is 128 Å². The summed E-state index contributed by atoms with van der Waals surface area (Å²) in [5.41, 5.74) is 2.54. The van der Waals surface area contributed by atoms with E-state index >= 15 is 0 Å². The molecule has 2 rings (SSSR count). The fraction of sp³-hybridized carbons (Fsp3) is 0.250. The molecule has 0 saturated heterocycles. The zero-order chi connectivity index (χ0) is 13.7. The van der Waals surface area contributed by atoms with Gasteiger partial charge in [-0.1, -0.05) is 58.7 Å². The Balaban J connectivity index is 2.21. The zero-order valence-electron chi connectivity index (χ0n) is 10.9. The molecule has 0 radical (unpaired) electrons. The van der Waals surface area contributed by atoms with Gasteiger partial charge >= 0.3 is 0 Å². The van der Waals surface area contributed by atoms with E-state index < -0.39 is 0 Å². The first-order chi connectivity index (χ1) is 9.19. The number of rotatable bonds is 5. The minimum absolute atomic E-state index is 0.290. The topological polar surface area (TPSA) is 12.0 Å². The molecule has 0 aromatic heterocycles. The van der Waals surface area contributed by atoms with Crippen LogP contribution in [0.25, 0.3) is 0 Å². The van der Waals surface area contributed by atoms with Crippen LogP contribution in [-0.2, 0) is 6.42 Å². The highest BCUT2D eigenvalue weighted by Gasteiger charge is 2.11. The zero-order valence-corrected chi connectivity index (χ0v) is 13.2. The van der Waals surface area contributed by atoms with Crippen LogP contribution in [0.3, 0.4) is 0 Å². The van der Waals surface area contributed by atoms with Gasteiger partial charge in [0.25, 0.3) is 0 Å². The summed E-state index contributed by atoms with van der Waals surface area (Å²) in [4.78, 5) is 0. The Hall–Kier alpha value is -0.830. The third kappa shape index (κ3) is 4.34. The summed E-state index contributed by atoms with van der Waals surface area (Å²) in [6.45, 7) is 3.06. The maximum Gasteiger partial charge on any atom is 0.0409 e. The predicted molar refractivity (Wildman–Crippen MR) is 85.7 cm³/mol. The van der Waals surface area contributed by atoms with Crippen LogP contribution in [0.15, 0.2) is 53.0 Å². The van der Waals surface area contributed by atoms with Gasteiger partial charge in [0.15, 0.2) is 0 Å². The lowest BCUT2D eigenvalue weighted by Gasteiger charge is -2.19. The lowest BCUT2D eigenvalue weighted by molar-refractivity contribution is 0.550. The van der Waals surface area contributed by atoms with Crippen molar-refractivity contribution in [3.05, 3.63) is 69.2 Å². The van der Waals surface area contributed by atoms with Gasteiger partial charge in [-0.25, -0.2) is 0 Å². The van der Waals surface area contributed by atoms with E-state index in [2.05, 4.69) is 52.4 Å². The van der Waals surface area contributed by atoms with Crippen molar-refractivity contribution in [3.63, 3.8) is 0 Å². The highest BCUT2D eigenvalue weighted by Crippen LogP contribution is 2.23. The standard InChI is InChI=1S/C16H17BrClN/c1-2-19-16(13-6-4-8-15(18)11-13)10-12-5-3-7-14(17)9-12/h3-9,11,16,19H,2,10H2,1H3. The van der Waals surface area contributed by atoms with E-state index in [9.17, 15) is 0 Å². The van der Waals surface area contributed by atoms with Crippen LogP contribution < -0.4 is 5.32 Å². The lowest BCUT2D eigenvalue weighted by Crippen LogP contribution is -2.22. The number of hydrogen-bond donors (Lipinski definition) is 1. The molecule has 0 aliphatic rings. The van der Waals surface area contributed by atoms with Gasteiger partial charge in [0.1, 0.15) is 0 Å². The van der Waals surface area contributed by atoms with Gasteiger partial charge in [-0.3, -0.25) is 0 Å². The highest BCUT2D eigenvalue weighted by atomic mass is 79.9. The van der Waals surface area contributed by atoms with E-state index in [0.29, 0.717) is 0 Å². The molecule has 1 nitrogen and oxygen atoms in total. The van der Waals surface area contributed by atoms with E-state index in [1.807, 2.05) is 24.3 Å². The van der Waals surface area contributed by atoms with Crippen molar-refractivity contribution in [2.24, 2.45) is 0 Å². The average Bonchev–Trinajstić information content (AvgIpc) is 2.38. The quantitative estimate of drug-likeness (QED) is 0.809. The van der Waals surface area contributed by atoms with Crippen molar-refractivity contribution in [3.8, 4) is 0 Å². The van der Waals surface area contributed by atoms with Crippen LogP contribution in [0.2, 0.25) is 5.02 Å². The van der Waals surface area contributed by atoms with Gasteiger partial charge in [0.05, 0.1) is 0 Å². The molecule has 19 heavy (non-hydrogen) atoms. The second-order valence-electron chi connectivity index (χ2n) is 4.50. The number of benzene rings is 2. The van der Waals surface area contributed by atoms with E-state index in [0.717, 1.165) is 22.5 Å². The summed E-state index contributed by atoms with van der Waals surface area (Å²) in [5, 5.41) is 4.31. The molecule has 0 bridgehead atoms. The summed E-state index contributed by atoms with van der Waals surface area (Å²) >= 11 is 9.60. The molecule has 0 heterocycles. The molecule has 1 atom stereocenters. The molecular formula is C16H17BrClN. The summed E-state index contributed by atoms with van der Waals surface area (Å²) in [6.07, 6.45) is 0.952. The van der Waals surface area contributed by atoms with Crippen molar-refractivity contribution < 1.29 is 0 Å². The van der Waals surface area contributed by atoms with Gasteiger partial charge in [0.2, 0.25) is 0 Å². The lowest BCUT2D eigenvalue weighted by atomic mass is 9.99. The highest BCUT2D eigenvalue weighted by molar-refractivity contribution is 9.10. The van der Waals surface area contributed by atoms with Gasteiger partial charge in [0, 0.05) is 15.5 Å². The Kier molecular flexibility index (Phi) is 5.44. The normalized spacial score (nSPS) is 12.4. The van der Waals surface area contributed by atoms with Crippen LogP contribution in [0.1, 0.15) is 24.1 Å². The van der Waals surface area contributed by atoms with Crippen LogP contribution in [0.5, 0.6) is 0 Å². The summed E-state index contributed by atoms with van der Waals surface area (Å²) in [7, 11) is 0. The smallest absolute Gasteiger partial charge is 0.0409 e. The SMILES string of the molecule is CCNC(Cc1cccc(Br)c1)c1cccc(Cl)c1. The molecule has 0 aliphatic heterocycles. The summed E-state index contributed by atoms with van der Waals surface area (Å²) < 4.78 is 1.12. The number of halogens is 2. The van der Waals surface area contributed by atoms with Gasteiger partial charge < -0.3 is 5.32 Å². The molecular weight excluding hydrogens is 322 g/mol. The molecule has 2 aromatic carbocycles. The molecule has 1 N–H and O–H groups in total. The average molecular weight is 339 g/mol. The first kappa shape index (κ1) is 14.6. The molecule has 100 valence electrons. The van der Waals surface area contributed by atoms with Crippen molar-refractivity contribution in [1.82, 2.24) is 5.32 Å². The predicted octanol–water partition coefficient (Wildman–Crippen LogP) is 5.00. The monoisotopic (exact) mass is 337 g/mol. The summed E-state index contributed by atoms with van der Waals surface area (Å²) in [6, 6.07) is 16.8. The third-order valence-electron chi connectivity index (χ3n) is 3.03. The van der Waals surface area contributed by atoms with E-state index in [1.54, 1.807) is 0 Å². The second kappa shape index (κ2) is 7.09.